The lowest BCUT2D eigenvalue weighted by Gasteiger charge is -2.31. The number of nitrogens with one attached hydrogen (secondary N) is 3. The third kappa shape index (κ3) is 6.63. The lowest BCUT2D eigenvalue weighted by atomic mass is 10.0. The number of guanidine groups is 1. The number of aliphatic imine (C=N–C) groups is 1. The summed E-state index contributed by atoms with van der Waals surface area (Å²) in [6.45, 7) is 9.14. The lowest BCUT2D eigenvalue weighted by molar-refractivity contribution is 0.344. The molecular formula is C20H31N5. The summed E-state index contributed by atoms with van der Waals surface area (Å²) in [6.07, 6.45) is 4.13. The van der Waals surface area contributed by atoms with E-state index < -0.39 is 0 Å². The molecule has 25 heavy (non-hydrogen) atoms. The van der Waals surface area contributed by atoms with E-state index in [-0.39, 0.29) is 5.54 Å². The minimum absolute atomic E-state index is 0.0622. The number of aromatic nitrogens is 1. The van der Waals surface area contributed by atoms with Crippen LogP contribution in [0.2, 0.25) is 0 Å². The molecule has 0 aliphatic heterocycles. The molecule has 5 heteroatoms. The lowest BCUT2D eigenvalue weighted by Crippen LogP contribution is -2.52. The van der Waals surface area contributed by atoms with Crippen LogP contribution in [0, 0.1) is 0 Å². The van der Waals surface area contributed by atoms with E-state index in [0.29, 0.717) is 6.04 Å². The first-order valence-corrected chi connectivity index (χ1v) is 8.88. The molecule has 0 fully saturated rings. The van der Waals surface area contributed by atoms with Crippen LogP contribution in [0.4, 0.5) is 0 Å². The largest absolute Gasteiger partial charge is 0.355 e. The summed E-state index contributed by atoms with van der Waals surface area (Å²) in [4.78, 5) is 4.30. The summed E-state index contributed by atoms with van der Waals surface area (Å²) in [5, 5.41) is 10.5. The van der Waals surface area contributed by atoms with Crippen molar-refractivity contribution in [2.24, 2.45) is 4.99 Å². The Balaban J connectivity index is 1.76. The Bertz CT molecular complexity index is 631. The third-order valence-electron chi connectivity index (χ3n) is 4.16. The second-order valence-electron chi connectivity index (χ2n) is 6.93. The van der Waals surface area contributed by atoms with Crippen LogP contribution in [-0.2, 0) is 6.54 Å². The highest BCUT2D eigenvalue weighted by Crippen LogP contribution is 2.15. The van der Waals surface area contributed by atoms with E-state index >= 15 is 0 Å². The standard InChI is InChI=1S/C20H31N5/c1-17(18-10-6-5-7-11-18)24-20(2,3)16-23-19(21-4)22-12-15-25-13-8-9-14-25/h5-11,13-14,17,24H,12,15-16H2,1-4H3,(H2,21,22,23). The van der Waals surface area contributed by atoms with Crippen LogP contribution in [0.1, 0.15) is 32.4 Å². The van der Waals surface area contributed by atoms with Crippen LogP contribution in [-0.4, -0.2) is 36.2 Å². The molecule has 0 saturated heterocycles. The molecule has 0 aliphatic carbocycles. The van der Waals surface area contributed by atoms with Crippen molar-refractivity contribution in [1.82, 2.24) is 20.5 Å². The van der Waals surface area contributed by atoms with E-state index in [0.717, 1.165) is 25.6 Å². The first kappa shape index (κ1) is 19.1. The molecule has 1 aromatic carbocycles. The van der Waals surface area contributed by atoms with Crippen LogP contribution in [0.25, 0.3) is 0 Å². The molecule has 1 unspecified atom stereocenters. The summed E-state index contributed by atoms with van der Waals surface area (Å²) in [7, 11) is 1.80. The number of nitrogens with zero attached hydrogens (tertiary/aromatic N) is 2. The summed E-state index contributed by atoms with van der Waals surface area (Å²) < 4.78 is 2.15. The molecule has 1 atom stereocenters. The fraction of sp³-hybridized carbons (Fsp3) is 0.450. The van der Waals surface area contributed by atoms with E-state index in [1.165, 1.54) is 5.56 Å². The number of rotatable bonds is 8. The Labute approximate surface area is 151 Å². The molecule has 0 bridgehead atoms. The highest BCUT2D eigenvalue weighted by molar-refractivity contribution is 5.79. The topological polar surface area (TPSA) is 53.4 Å². The van der Waals surface area contributed by atoms with Gasteiger partial charge in [-0.3, -0.25) is 4.99 Å². The molecule has 1 heterocycles. The molecule has 0 aliphatic rings. The minimum Gasteiger partial charge on any atom is -0.355 e. The first-order chi connectivity index (χ1) is 12.0. The van der Waals surface area contributed by atoms with E-state index in [1.54, 1.807) is 7.05 Å². The van der Waals surface area contributed by atoms with E-state index in [4.69, 9.17) is 0 Å². The molecule has 0 spiro atoms. The minimum atomic E-state index is -0.0622. The van der Waals surface area contributed by atoms with Gasteiger partial charge in [0.25, 0.3) is 0 Å². The van der Waals surface area contributed by atoms with Crippen molar-refractivity contribution in [3.8, 4) is 0 Å². The third-order valence-corrected chi connectivity index (χ3v) is 4.16. The van der Waals surface area contributed by atoms with Gasteiger partial charge in [0.15, 0.2) is 5.96 Å². The average Bonchev–Trinajstić information content (AvgIpc) is 3.11. The van der Waals surface area contributed by atoms with Gasteiger partial charge in [0.2, 0.25) is 0 Å². The Morgan fingerprint density at radius 3 is 2.40 bits per heavy atom. The summed E-state index contributed by atoms with van der Waals surface area (Å²) in [6, 6.07) is 14.9. The van der Waals surface area contributed by atoms with Gasteiger partial charge in [0.05, 0.1) is 0 Å². The van der Waals surface area contributed by atoms with Gasteiger partial charge in [0, 0.05) is 50.7 Å². The second kappa shape index (κ2) is 9.28. The maximum absolute atomic E-state index is 4.30. The van der Waals surface area contributed by atoms with Gasteiger partial charge in [-0.25, -0.2) is 0 Å². The van der Waals surface area contributed by atoms with Crippen molar-refractivity contribution < 1.29 is 0 Å². The van der Waals surface area contributed by atoms with Gasteiger partial charge >= 0.3 is 0 Å². The Morgan fingerprint density at radius 2 is 1.76 bits per heavy atom. The van der Waals surface area contributed by atoms with Gasteiger partial charge in [-0.1, -0.05) is 30.3 Å². The van der Waals surface area contributed by atoms with Crippen molar-refractivity contribution >= 4 is 5.96 Å². The summed E-state index contributed by atoms with van der Waals surface area (Å²) >= 11 is 0. The predicted molar refractivity (Wildman–Crippen MR) is 106 cm³/mol. The second-order valence-corrected chi connectivity index (χ2v) is 6.93. The fourth-order valence-electron chi connectivity index (χ4n) is 2.81. The van der Waals surface area contributed by atoms with E-state index in [2.05, 4.69) is 82.9 Å². The molecule has 136 valence electrons. The van der Waals surface area contributed by atoms with Crippen molar-refractivity contribution in [1.29, 1.82) is 0 Å². The number of hydrogen-bond donors (Lipinski definition) is 3. The first-order valence-electron chi connectivity index (χ1n) is 8.88. The zero-order chi connectivity index (χ0) is 18.1. The molecule has 0 saturated carbocycles. The normalized spacial score (nSPS) is 13.5. The molecule has 0 radical (unpaired) electrons. The summed E-state index contributed by atoms with van der Waals surface area (Å²) in [5.41, 5.74) is 1.23. The quantitative estimate of drug-likeness (QED) is 0.511. The number of benzene rings is 1. The maximum atomic E-state index is 4.30. The molecule has 0 amide bonds. The van der Waals surface area contributed by atoms with Crippen molar-refractivity contribution in [2.45, 2.75) is 38.9 Å². The average molecular weight is 342 g/mol. The van der Waals surface area contributed by atoms with Crippen LogP contribution < -0.4 is 16.0 Å². The van der Waals surface area contributed by atoms with Crippen LogP contribution in [0.5, 0.6) is 0 Å². The molecular weight excluding hydrogens is 310 g/mol. The Morgan fingerprint density at radius 1 is 1.08 bits per heavy atom. The zero-order valence-electron chi connectivity index (χ0n) is 15.8. The van der Waals surface area contributed by atoms with Gasteiger partial charge in [-0.15, -0.1) is 0 Å². The fourth-order valence-corrected chi connectivity index (χ4v) is 2.81. The van der Waals surface area contributed by atoms with Crippen LogP contribution in [0.3, 0.4) is 0 Å². The number of hydrogen-bond acceptors (Lipinski definition) is 2. The van der Waals surface area contributed by atoms with E-state index in [1.807, 2.05) is 18.2 Å². The molecule has 1 aromatic heterocycles. The molecule has 2 rings (SSSR count). The zero-order valence-corrected chi connectivity index (χ0v) is 15.8. The van der Waals surface area contributed by atoms with Crippen molar-refractivity contribution in [3.05, 3.63) is 60.4 Å². The smallest absolute Gasteiger partial charge is 0.191 e. The van der Waals surface area contributed by atoms with Gasteiger partial charge < -0.3 is 20.5 Å². The van der Waals surface area contributed by atoms with Gasteiger partial charge in [-0.2, -0.15) is 0 Å². The van der Waals surface area contributed by atoms with Crippen molar-refractivity contribution in [3.63, 3.8) is 0 Å². The highest BCUT2D eigenvalue weighted by atomic mass is 15.2. The SMILES string of the molecule is CN=C(NCCn1cccc1)NCC(C)(C)NC(C)c1ccccc1. The monoisotopic (exact) mass is 341 g/mol. The predicted octanol–water partition coefficient (Wildman–Crippen LogP) is 2.78. The van der Waals surface area contributed by atoms with Crippen molar-refractivity contribution in [2.75, 3.05) is 20.1 Å². The molecule has 2 aromatic rings. The molecule has 3 N–H and O–H groups in total. The Hall–Kier alpha value is -2.27. The van der Waals surface area contributed by atoms with Gasteiger partial charge in [-0.05, 0) is 38.5 Å². The molecule has 5 nitrogen and oxygen atoms in total. The van der Waals surface area contributed by atoms with Gasteiger partial charge in [0.1, 0.15) is 0 Å². The van der Waals surface area contributed by atoms with E-state index in [9.17, 15) is 0 Å². The maximum Gasteiger partial charge on any atom is 0.191 e. The highest BCUT2D eigenvalue weighted by Gasteiger charge is 2.21. The van der Waals surface area contributed by atoms with Crippen LogP contribution in [0.15, 0.2) is 59.9 Å². The summed E-state index contributed by atoms with van der Waals surface area (Å²) in [5.74, 6) is 0.828. The Kier molecular flexibility index (Phi) is 7.07. The van der Waals surface area contributed by atoms with Crippen LogP contribution >= 0.6 is 0 Å².